The highest BCUT2D eigenvalue weighted by Gasteiger charge is 2.23. The van der Waals surface area contributed by atoms with E-state index >= 15 is 0 Å². The Morgan fingerprint density at radius 2 is 1.48 bits per heavy atom. The number of hydrogen-bond donors (Lipinski definition) is 5. The summed E-state index contributed by atoms with van der Waals surface area (Å²) in [7, 11) is 3.96. The fourth-order valence-electron chi connectivity index (χ4n) is 5.56. The molecule has 264 valence electrons. The molecule has 0 bridgehead atoms. The van der Waals surface area contributed by atoms with Crippen molar-refractivity contribution < 1.29 is 19.2 Å². The van der Waals surface area contributed by atoms with Crippen molar-refractivity contribution in [3.63, 3.8) is 0 Å². The summed E-state index contributed by atoms with van der Waals surface area (Å²) in [4.78, 5) is 54.4. The van der Waals surface area contributed by atoms with Crippen molar-refractivity contribution in [1.82, 2.24) is 31.5 Å². The molecule has 0 aromatic heterocycles. The first kappa shape index (κ1) is 37.9. The van der Waals surface area contributed by atoms with Gasteiger partial charge in [-0.15, -0.1) is 0 Å². The van der Waals surface area contributed by atoms with Crippen LogP contribution in [0.2, 0.25) is 0 Å². The van der Waals surface area contributed by atoms with Crippen molar-refractivity contribution in [1.29, 1.82) is 0 Å². The van der Waals surface area contributed by atoms with E-state index in [-0.39, 0.29) is 42.8 Å². The molecule has 0 aliphatic carbocycles. The predicted octanol–water partition coefficient (Wildman–Crippen LogP) is 4.63. The molecule has 3 atom stereocenters. The van der Waals surface area contributed by atoms with Gasteiger partial charge in [-0.05, 0) is 79.5 Å². The van der Waals surface area contributed by atoms with Crippen molar-refractivity contribution in [2.24, 2.45) is 0 Å². The van der Waals surface area contributed by atoms with Gasteiger partial charge in [-0.25, -0.2) is 0 Å². The fraction of sp³-hybridized carbons (Fsp3) is 0.333. The highest BCUT2D eigenvalue weighted by atomic mass is 32.2. The van der Waals surface area contributed by atoms with Crippen molar-refractivity contribution >= 4 is 41.0 Å². The summed E-state index contributed by atoms with van der Waals surface area (Å²) >= 11 is 1.60. The van der Waals surface area contributed by atoms with E-state index in [0.717, 1.165) is 27.3 Å². The summed E-state index contributed by atoms with van der Waals surface area (Å²) < 4.78 is 0. The molecule has 4 amide bonds. The highest BCUT2D eigenvalue weighted by molar-refractivity contribution is 8.06. The first-order chi connectivity index (χ1) is 24.0. The Morgan fingerprint density at radius 1 is 0.840 bits per heavy atom. The van der Waals surface area contributed by atoms with Crippen LogP contribution in [0.4, 0.5) is 0 Å². The third-order valence-corrected chi connectivity index (χ3v) is 9.40. The Hall–Kier alpha value is -4.87. The third-order valence-electron chi connectivity index (χ3n) is 8.24. The number of allylic oxidation sites excluding steroid dienone is 2. The maximum Gasteiger partial charge on any atom is 0.251 e. The molecule has 3 aromatic carbocycles. The normalized spacial score (nSPS) is 14.3. The average Bonchev–Trinajstić information content (AvgIpc) is 3.13. The Kier molecular flexibility index (Phi) is 14.2. The summed E-state index contributed by atoms with van der Waals surface area (Å²) in [5.74, 6) is -1.20. The second-order valence-corrected chi connectivity index (χ2v) is 13.3. The zero-order valence-electron chi connectivity index (χ0n) is 29.4. The summed E-state index contributed by atoms with van der Waals surface area (Å²) in [5.41, 5.74) is 4.56. The number of carbonyl (C=O) groups excluding carboxylic acids is 4. The number of nitrogens with zero attached hydrogens (tertiary/aromatic N) is 1. The number of rotatable bonds is 16. The number of nitrogens with one attached hydrogen (secondary N) is 5. The van der Waals surface area contributed by atoms with Gasteiger partial charge < -0.3 is 31.5 Å². The summed E-state index contributed by atoms with van der Waals surface area (Å²) in [6.07, 6.45) is 3.24. The van der Waals surface area contributed by atoms with Gasteiger partial charge in [0, 0.05) is 44.4 Å². The second-order valence-electron chi connectivity index (χ2n) is 12.4. The first-order valence-corrected chi connectivity index (χ1v) is 17.8. The molecular weight excluding hydrogens is 649 g/mol. The molecule has 3 aromatic rings. The van der Waals surface area contributed by atoms with E-state index in [2.05, 4.69) is 32.7 Å². The maximum atomic E-state index is 14.1. The minimum atomic E-state index is -0.613. The lowest BCUT2D eigenvalue weighted by atomic mass is 9.96. The monoisotopic (exact) mass is 696 g/mol. The molecule has 1 heterocycles. The Labute approximate surface area is 299 Å². The fourth-order valence-corrected chi connectivity index (χ4v) is 6.43. The summed E-state index contributed by atoms with van der Waals surface area (Å²) in [6.45, 7) is 6.12. The lowest BCUT2D eigenvalue weighted by Crippen LogP contribution is -2.50. The quantitative estimate of drug-likeness (QED) is 0.148. The molecule has 4 rings (SSSR count). The summed E-state index contributed by atoms with van der Waals surface area (Å²) in [5, 5.41) is 17.9. The number of benzene rings is 3. The summed E-state index contributed by atoms with van der Waals surface area (Å²) in [6, 6.07) is 23.6. The number of thioether (sulfide) groups is 1. The standard InChI is InChI=1S/C39H48N6O4S/c1-6-40-35(46)25-42-36(47)27(3)41-24-33(20-28-14-9-7-10-15-28)44-38(49)32-22-30(34-18-13-19-50-39(34)45(4)5)21-31(23-32)37(48)43-26(2)29-16-11-8-12-17-29/h7-17,19,21-23,26-27,33,41H,6,18,20,24-25H2,1-5H3,(H,40,46)(H,42,47)(H,43,48)(H,44,49)/t26-,27?,33+/m1/s1. The second kappa shape index (κ2) is 18.8. The molecule has 0 saturated carbocycles. The van der Waals surface area contributed by atoms with Crippen LogP contribution in [0, 0.1) is 0 Å². The first-order valence-electron chi connectivity index (χ1n) is 16.9. The molecule has 0 saturated heterocycles. The van der Waals surface area contributed by atoms with Crippen molar-refractivity contribution in [2.45, 2.75) is 51.7 Å². The van der Waals surface area contributed by atoms with Crippen LogP contribution >= 0.6 is 11.8 Å². The highest BCUT2D eigenvalue weighted by Crippen LogP contribution is 2.36. The molecule has 0 radical (unpaired) electrons. The van der Waals surface area contributed by atoms with E-state index < -0.39 is 12.1 Å². The van der Waals surface area contributed by atoms with Crippen LogP contribution in [0.15, 0.2) is 95.4 Å². The lowest BCUT2D eigenvalue weighted by Gasteiger charge is -2.24. The van der Waals surface area contributed by atoms with Crippen molar-refractivity contribution in [3.05, 3.63) is 123 Å². The van der Waals surface area contributed by atoms with Crippen molar-refractivity contribution in [3.8, 4) is 0 Å². The van der Waals surface area contributed by atoms with E-state index in [4.69, 9.17) is 0 Å². The predicted molar refractivity (Wildman–Crippen MR) is 201 cm³/mol. The molecule has 11 heteroatoms. The maximum absolute atomic E-state index is 14.1. The van der Waals surface area contributed by atoms with Gasteiger partial charge in [0.1, 0.15) is 0 Å². The van der Waals surface area contributed by atoms with Crippen LogP contribution in [0.5, 0.6) is 0 Å². The zero-order chi connectivity index (χ0) is 36.0. The van der Waals surface area contributed by atoms with Gasteiger partial charge in [0.15, 0.2) is 0 Å². The van der Waals surface area contributed by atoms with Crippen LogP contribution < -0.4 is 26.6 Å². The molecule has 1 unspecified atom stereocenters. The smallest absolute Gasteiger partial charge is 0.251 e. The number of likely N-dealkylation sites (N-methyl/N-ethyl adjacent to an activating group) is 1. The van der Waals surface area contributed by atoms with Gasteiger partial charge in [-0.2, -0.15) is 0 Å². The largest absolute Gasteiger partial charge is 0.372 e. The van der Waals surface area contributed by atoms with E-state index in [9.17, 15) is 19.2 Å². The van der Waals surface area contributed by atoms with Crippen molar-refractivity contribution in [2.75, 3.05) is 33.7 Å². The number of carbonyl (C=O) groups is 4. The zero-order valence-corrected chi connectivity index (χ0v) is 30.2. The molecular formula is C39H48N6O4S. The molecule has 1 aliphatic rings. The van der Waals surface area contributed by atoms with E-state index in [1.807, 2.05) is 111 Å². The Bertz CT molecular complexity index is 1690. The molecule has 1 aliphatic heterocycles. The van der Waals surface area contributed by atoms with Gasteiger partial charge in [-0.3, -0.25) is 19.2 Å². The third kappa shape index (κ3) is 11.1. The van der Waals surface area contributed by atoms with Crippen LogP contribution in [0.1, 0.15) is 70.6 Å². The molecule has 10 nitrogen and oxygen atoms in total. The SMILES string of the molecule is CCNC(=O)CNC(=O)C(C)NC[C@H](Cc1ccccc1)NC(=O)c1cc(C(=O)N[C@H](C)c2ccccc2)cc(C2=C(N(C)C)SC=CC2)c1. The Balaban J connectivity index is 1.60. The lowest BCUT2D eigenvalue weighted by molar-refractivity contribution is -0.127. The topological polar surface area (TPSA) is 132 Å². The number of amides is 4. The number of hydrogen-bond acceptors (Lipinski definition) is 7. The van der Waals surface area contributed by atoms with E-state index in [1.165, 1.54) is 0 Å². The molecule has 50 heavy (non-hydrogen) atoms. The van der Waals surface area contributed by atoms with E-state index in [0.29, 0.717) is 30.5 Å². The molecule has 5 N–H and O–H groups in total. The van der Waals surface area contributed by atoms with Gasteiger partial charge in [0.25, 0.3) is 11.8 Å². The average molecular weight is 697 g/mol. The van der Waals surface area contributed by atoms with Gasteiger partial charge in [0.2, 0.25) is 11.8 Å². The minimum absolute atomic E-state index is 0.112. The molecule has 0 spiro atoms. The van der Waals surface area contributed by atoms with Gasteiger partial charge in [0.05, 0.1) is 23.7 Å². The van der Waals surface area contributed by atoms with Crippen LogP contribution in [-0.4, -0.2) is 74.3 Å². The Morgan fingerprint density at radius 3 is 2.12 bits per heavy atom. The van der Waals surface area contributed by atoms with Gasteiger partial charge in [-0.1, -0.05) is 78.5 Å². The van der Waals surface area contributed by atoms with Crippen LogP contribution in [0.25, 0.3) is 5.57 Å². The van der Waals surface area contributed by atoms with Crippen LogP contribution in [-0.2, 0) is 16.0 Å². The van der Waals surface area contributed by atoms with E-state index in [1.54, 1.807) is 24.8 Å². The minimum Gasteiger partial charge on any atom is -0.372 e. The molecule has 0 fully saturated rings. The van der Waals surface area contributed by atoms with Crippen LogP contribution in [0.3, 0.4) is 0 Å². The van der Waals surface area contributed by atoms with Gasteiger partial charge >= 0.3 is 0 Å².